The maximum atomic E-state index is 12.2. The molecule has 0 aromatic heterocycles. The number of amides is 1. The number of anilines is 1. The summed E-state index contributed by atoms with van der Waals surface area (Å²) in [7, 11) is 0. The molecule has 3 nitrogen and oxygen atoms in total. The van der Waals surface area contributed by atoms with Crippen molar-refractivity contribution in [1.29, 1.82) is 0 Å². The molecule has 2 N–H and O–H groups in total. The Bertz CT molecular complexity index is 550. The predicted molar refractivity (Wildman–Crippen MR) is 80.3 cm³/mol. The van der Waals surface area contributed by atoms with Gasteiger partial charge in [0.2, 0.25) is 5.91 Å². The van der Waals surface area contributed by atoms with Crippen LogP contribution in [0.1, 0.15) is 37.3 Å². The number of rotatable bonds is 4. The molecule has 1 unspecified atom stereocenters. The summed E-state index contributed by atoms with van der Waals surface area (Å²) in [6.07, 6.45) is 2.76. The van der Waals surface area contributed by atoms with E-state index in [1.54, 1.807) is 0 Å². The molecule has 0 spiro atoms. The first kappa shape index (κ1) is 14.6. The lowest BCUT2D eigenvalue weighted by Gasteiger charge is -2.13. The standard InChI is InChI=1S/C17H21NO2/c1-12-6-9-16(15(11-12)5-3-4-10-19)18-17(20)13(2)14-7-8-14/h6,9,11,13-14,19H,4,7-8,10H2,1-2H3,(H,18,20). The van der Waals surface area contributed by atoms with Gasteiger partial charge in [0.05, 0.1) is 12.3 Å². The van der Waals surface area contributed by atoms with Crippen LogP contribution in [0, 0.1) is 30.6 Å². The third kappa shape index (κ3) is 3.85. The highest BCUT2D eigenvalue weighted by atomic mass is 16.2. The van der Waals surface area contributed by atoms with E-state index in [4.69, 9.17) is 5.11 Å². The number of benzene rings is 1. The normalized spacial score (nSPS) is 15.2. The summed E-state index contributed by atoms with van der Waals surface area (Å²) in [5, 5.41) is 11.8. The van der Waals surface area contributed by atoms with Gasteiger partial charge < -0.3 is 10.4 Å². The fourth-order valence-corrected chi connectivity index (χ4v) is 2.14. The zero-order valence-corrected chi connectivity index (χ0v) is 12.1. The lowest BCUT2D eigenvalue weighted by Crippen LogP contribution is -2.22. The van der Waals surface area contributed by atoms with Crippen LogP contribution in [0.15, 0.2) is 18.2 Å². The first-order valence-electron chi connectivity index (χ1n) is 7.13. The first-order valence-corrected chi connectivity index (χ1v) is 7.13. The van der Waals surface area contributed by atoms with Crippen molar-refractivity contribution in [1.82, 2.24) is 0 Å². The molecule has 1 atom stereocenters. The third-order valence-corrected chi connectivity index (χ3v) is 3.64. The van der Waals surface area contributed by atoms with E-state index in [0.29, 0.717) is 12.3 Å². The van der Waals surface area contributed by atoms with Crippen LogP contribution in [-0.4, -0.2) is 17.6 Å². The first-order chi connectivity index (χ1) is 9.61. The van der Waals surface area contributed by atoms with Crippen molar-refractivity contribution in [3.8, 4) is 11.8 Å². The Morgan fingerprint density at radius 3 is 2.90 bits per heavy atom. The lowest BCUT2D eigenvalue weighted by molar-refractivity contribution is -0.119. The van der Waals surface area contributed by atoms with Crippen LogP contribution in [0.25, 0.3) is 0 Å². The van der Waals surface area contributed by atoms with Crippen molar-refractivity contribution < 1.29 is 9.90 Å². The Morgan fingerprint density at radius 2 is 2.25 bits per heavy atom. The fourth-order valence-electron chi connectivity index (χ4n) is 2.14. The molecule has 0 heterocycles. The number of nitrogens with one attached hydrogen (secondary N) is 1. The molecule has 106 valence electrons. The molecule has 0 radical (unpaired) electrons. The Labute approximate surface area is 120 Å². The van der Waals surface area contributed by atoms with Gasteiger partial charge in [-0.3, -0.25) is 4.79 Å². The molecular formula is C17H21NO2. The molecule has 1 aliphatic rings. The molecule has 1 saturated carbocycles. The molecule has 1 fully saturated rings. The predicted octanol–water partition coefficient (Wildman–Crippen LogP) is 2.71. The van der Waals surface area contributed by atoms with Gasteiger partial charge in [-0.15, -0.1) is 0 Å². The van der Waals surface area contributed by atoms with E-state index < -0.39 is 0 Å². The average molecular weight is 271 g/mol. The minimum absolute atomic E-state index is 0.0548. The van der Waals surface area contributed by atoms with Gasteiger partial charge in [-0.2, -0.15) is 0 Å². The van der Waals surface area contributed by atoms with E-state index in [1.807, 2.05) is 32.0 Å². The highest BCUT2D eigenvalue weighted by Gasteiger charge is 2.32. The van der Waals surface area contributed by atoms with Crippen molar-refractivity contribution in [3.05, 3.63) is 29.3 Å². The Hall–Kier alpha value is -1.79. The van der Waals surface area contributed by atoms with E-state index in [9.17, 15) is 4.79 Å². The summed E-state index contributed by atoms with van der Waals surface area (Å²) < 4.78 is 0. The Morgan fingerprint density at radius 1 is 1.50 bits per heavy atom. The Kier molecular flexibility index (Phi) is 4.81. The average Bonchev–Trinajstić information content (AvgIpc) is 3.25. The summed E-state index contributed by atoms with van der Waals surface area (Å²) in [4.78, 5) is 12.2. The van der Waals surface area contributed by atoms with E-state index >= 15 is 0 Å². The quantitative estimate of drug-likeness (QED) is 0.827. The maximum Gasteiger partial charge on any atom is 0.227 e. The summed E-state index contributed by atoms with van der Waals surface area (Å²) in [6.45, 7) is 4.03. The van der Waals surface area contributed by atoms with Crippen molar-refractivity contribution >= 4 is 11.6 Å². The molecule has 1 aliphatic carbocycles. The minimum Gasteiger partial charge on any atom is -0.395 e. The van der Waals surface area contributed by atoms with Crippen LogP contribution in [0.2, 0.25) is 0 Å². The minimum atomic E-state index is 0.0548. The van der Waals surface area contributed by atoms with E-state index in [0.717, 1.165) is 29.7 Å². The Balaban J connectivity index is 2.13. The van der Waals surface area contributed by atoms with Crippen LogP contribution >= 0.6 is 0 Å². The number of hydrogen-bond acceptors (Lipinski definition) is 2. The number of aryl methyl sites for hydroxylation is 1. The topological polar surface area (TPSA) is 49.3 Å². The van der Waals surface area contributed by atoms with Gasteiger partial charge >= 0.3 is 0 Å². The van der Waals surface area contributed by atoms with Gasteiger partial charge in [-0.05, 0) is 43.4 Å². The van der Waals surface area contributed by atoms with Crippen LogP contribution < -0.4 is 5.32 Å². The second-order valence-corrected chi connectivity index (χ2v) is 5.44. The molecule has 0 saturated heterocycles. The molecule has 0 aliphatic heterocycles. The van der Waals surface area contributed by atoms with Crippen molar-refractivity contribution in [2.75, 3.05) is 11.9 Å². The van der Waals surface area contributed by atoms with Crippen LogP contribution in [0.4, 0.5) is 5.69 Å². The van der Waals surface area contributed by atoms with Gasteiger partial charge in [-0.1, -0.05) is 24.8 Å². The smallest absolute Gasteiger partial charge is 0.227 e. The van der Waals surface area contributed by atoms with Gasteiger partial charge in [0, 0.05) is 17.9 Å². The number of hydrogen-bond donors (Lipinski definition) is 2. The van der Waals surface area contributed by atoms with Crippen molar-refractivity contribution in [3.63, 3.8) is 0 Å². The summed E-state index contributed by atoms with van der Waals surface area (Å²) in [5.41, 5.74) is 2.68. The summed E-state index contributed by atoms with van der Waals surface area (Å²) >= 11 is 0. The second-order valence-electron chi connectivity index (χ2n) is 5.44. The third-order valence-electron chi connectivity index (χ3n) is 3.64. The highest BCUT2D eigenvalue weighted by Crippen LogP contribution is 2.37. The van der Waals surface area contributed by atoms with E-state index in [-0.39, 0.29) is 18.4 Å². The number of carbonyl (C=O) groups is 1. The van der Waals surface area contributed by atoms with Crippen LogP contribution in [-0.2, 0) is 4.79 Å². The number of aliphatic hydroxyl groups is 1. The largest absolute Gasteiger partial charge is 0.395 e. The highest BCUT2D eigenvalue weighted by molar-refractivity contribution is 5.94. The molecule has 1 aromatic rings. The second kappa shape index (κ2) is 6.58. The van der Waals surface area contributed by atoms with Gasteiger partial charge in [0.1, 0.15) is 0 Å². The number of carbonyl (C=O) groups excluding carboxylic acids is 1. The van der Waals surface area contributed by atoms with Gasteiger partial charge in [0.25, 0.3) is 0 Å². The van der Waals surface area contributed by atoms with Crippen LogP contribution in [0.5, 0.6) is 0 Å². The molecule has 1 amide bonds. The fraction of sp³-hybridized carbons (Fsp3) is 0.471. The molecule has 1 aromatic carbocycles. The lowest BCUT2D eigenvalue weighted by atomic mass is 10.0. The molecule has 20 heavy (non-hydrogen) atoms. The maximum absolute atomic E-state index is 12.2. The molecule has 2 rings (SSSR count). The zero-order chi connectivity index (χ0) is 14.5. The van der Waals surface area contributed by atoms with Crippen LogP contribution in [0.3, 0.4) is 0 Å². The van der Waals surface area contributed by atoms with E-state index in [1.165, 1.54) is 0 Å². The monoisotopic (exact) mass is 271 g/mol. The van der Waals surface area contributed by atoms with Crippen molar-refractivity contribution in [2.24, 2.45) is 11.8 Å². The molecule has 3 heteroatoms. The van der Waals surface area contributed by atoms with Gasteiger partial charge in [-0.25, -0.2) is 0 Å². The summed E-state index contributed by atoms with van der Waals surface area (Å²) in [5.74, 6) is 6.61. The number of aliphatic hydroxyl groups excluding tert-OH is 1. The summed E-state index contributed by atoms with van der Waals surface area (Å²) in [6, 6.07) is 5.83. The zero-order valence-electron chi connectivity index (χ0n) is 12.1. The van der Waals surface area contributed by atoms with Crippen molar-refractivity contribution in [2.45, 2.75) is 33.1 Å². The van der Waals surface area contributed by atoms with E-state index in [2.05, 4.69) is 17.2 Å². The molecular weight excluding hydrogens is 250 g/mol. The SMILES string of the molecule is Cc1ccc(NC(=O)C(C)C2CC2)c(C#CCCO)c1. The molecule has 0 bridgehead atoms. The van der Waals surface area contributed by atoms with Gasteiger partial charge in [0.15, 0.2) is 0 Å².